The summed E-state index contributed by atoms with van der Waals surface area (Å²) < 4.78 is 19.2. The van der Waals surface area contributed by atoms with Crippen molar-refractivity contribution in [2.24, 2.45) is 0 Å². The Balaban J connectivity index is 2.07. The Morgan fingerprint density at radius 3 is 3.00 bits per heavy atom. The number of hydrogen-bond acceptors (Lipinski definition) is 4. The molecule has 0 saturated heterocycles. The van der Waals surface area contributed by atoms with E-state index in [1.54, 1.807) is 6.07 Å². The predicted molar refractivity (Wildman–Crippen MR) is 78.9 cm³/mol. The molecule has 1 atom stereocenters. The SMILES string of the molecule is CCNC(C)CCc1nc(-c2cc(F)ccc2Br)no1. The van der Waals surface area contributed by atoms with E-state index in [9.17, 15) is 4.39 Å². The number of hydrogen-bond donors (Lipinski definition) is 1. The van der Waals surface area contributed by atoms with Gasteiger partial charge in [0, 0.05) is 22.5 Å². The summed E-state index contributed by atoms with van der Waals surface area (Å²) in [6, 6.07) is 4.80. The van der Waals surface area contributed by atoms with Gasteiger partial charge in [-0.15, -0.1) is 0 Å². The lowest BCUT2D eigenvalue weighted by Gasteiger charge is -2.09. The van der Waals surface area contributed by atoms with Crippen LogP contribution in [0.4, 0.5) is 4.39 Å². The van der Waals surface area contributed by atoms with Crippen LogP contribution in [0, 0.1) is 5.82 Å². The minimum absolute atomic E-state index is 0.324. The van der Waals surface area contributed by atoms with Gasteiger partial charge in [-0.25, -0.2) is 4.39 Å². The molecule has 1 unspecified atom stereocenters. The molecule has 0 radical (unpaired) electrons. The Labute approximate surface area is 125 Å². The van der Waals surface area contributed by atoms with Crippen LogP contribution in [0.3, 0.4) is 0 Å². The van der Waals surface area contributed by atoms with E-state index in [-0.39, 0.29) is 5.82 Å². The third kappa shape index (κ3) is 3.86. The summed E-state index contributed by atoms with van der Waals surface area (Å²) in [6.07, 6.45) is 1.62. The topological polar surface area (TPSA) is 51.0 Å². The van der Waals surface area contributed by atoms with Gasteiger partial charge < -0.3 is 9.84 Å². The number of aryl methyl sites for hydroxylation is 1. The molecule has 0 amide bonds. The second kappa shape index (κ2) is 6.95. The minimum atomic E-state index is -0.324. The van der Waals surface area contributed by atoms with Crippen LogP contribution >= 0.6 is 15.9 Å². The first-order chi connectivity index (χ1) is 9.60. The normalized spacial score (nSPS) is 12.6. The van der Waals surface area contributed by atoms with E-state index in [4.69, 9.17) is 4.52 Å². The van der Waals surface area contributed by atoms with Crippen molar-refractivity contribution in [3.63, 3.8) is 0 Å². The average molecular weight is 342 g/mol. The molecule has 2 rings (SSSR count). The molecular weight excluding hydrogens is 325 g/mol. The number of rotatable bonds is 6. The van der Waals surface area contributed by atoms with E-state index in [0.717, 1.165) is 17.4 Å². The molecule has 1 heterocycles. The standard InChI is InChI=1S/C14H17BrFN3O/c1-3-17-9(2)4-7-13-18-14(19-20-13)11-8-10(16)5-6-12(11)15/h5-6,8-9,17H,3-4,7H2,1-2H3. The highest BCUT2D eigenvalue weighted by Crippen LogP contribution is 2.26. The first-order valence-electron chi connectivity index (χ1n) is 6.61. The van der Waals surface area contributed by atoms with E-state index >= 15 is 0 Å². The highest BCUT2D eigenvalue weighted by atomic mass is 79.9. The van der Waals surface area contributed by atoms with Crippen LogP contribution in [0.2, 0.25) is 0 Å². The first kappa shape index (κ1) is 15.1. The van der Waals surface area contributed by atoms with Crippen LogP contribution in [-0.4, -0.2) is 22.7 Å². The van der Waals surface area contributed by atoms with E-state index in [2.05, 4.69) is 45.2 Å². The fraction of sp³-hybridized carbons (Fsp3) is 0.429. The summed E-state index contributed by atoms with van der Waals surface area (Å²) in [7, 11) is 0. The van der Waals surface area contributed by atoms with Gasteiger partial charge in [0.15, 0.2) is 0 Å². The Kier molecular flexibility index (Phi) is 5.25. The molecule has 1 N–H and O–H groups in total. The Morgan fingerprint density at radius 1 is 1.45 bits per heavy atom. The highest BCUT2D eigenvalue weighted by molar-refractivity contribution is 9.10. The van der Waals surface area contributed by atoms with Crippen LogP contribution < -0.4 is 5.32 Å². The monoisotopic (exact) mass is 341 g/mol. The van der Waals surface area contributed by atoms with E-state index in [0.29, 0.717) is 29.7 Å². The Morgan fingerprint density at radius 2 is 2.25 bits per heavy atom. The summed E-state index contributed by atoms with van der Waals surface area (Å²) in [4.78, 5) is 4.31. The maximum atomic E-state index is 13.3. The summed E-state index contributed by atoms with van der Waals surface area (Å²) in [6.45, 7) is 5.12. The minimum Gasteiger partial charge on any atom is -0.339 e. The van der Waals surface area contributed by atoms with Crippen molar-refractivity contribution in [3.8, 4) is 11.4 Å². The quantitative estimate of drug-likeness (QED) is 0.872. The fourth-order valence-electron chi connectivity index (χ4n) is 1.93. The molecule has 0 aliphatic heterocycles. The molecule has 0 fully saturated rings. The van der Waals surface area contributed by atoms with Crippen molar-refractivity contribution in [1.29, 1.82) is 0 Å². The van der Waals surface area contributed by atoms with Gasteiger partial charge in [0.1, 0.15) is 5.82 Å². The highest BCUT2D eigenvalue weighted by Gasteiger charge is 2.13. The van der Waals surface area contributed by atoms with Gasteiger partial charge in [-0.1, -0.05) is 28.0 Å². The molecule has 2 aromatic rings. The molecule has 4 nitrogen and oxygen atoms in total. The van der Waals surface area contributed by atoms with Crippen LogP contribution in [0.15, 0.2) is 27.2 Å². The number of halogens is 2. The van der Waals surface area contributed by atoms with Gasteiger partial charge >= 0.3 is 0 Å². The third-order valence-electron chi connectivity index (χ3n) is 2.98. The largest absolute Gasteiger partial charge is 0.339 e. The molecule has 0 saturated carbocycles. The van der Waals surface area contributed by atoms with E-state index in [1.165, 1.54) is 12.1 Å². The lowest BCUT2D eigenvalue weighted by Crippen LogP contribution is -2.25. The maximum absolute atomic E-state index is 13.3. The second-order valence-electron chi connectivity index (χ2n) is 4.63. The van der Waals surface area contributed by atoms with Gasteiger partial charge in [-0.3, -0.25) is 0 Å². The van der Waals surface area contributed by atoms with E-state index < -0.39 is 0 Å². The summed E-state index contributed by atoms with van der Waals surface area (Å²) in [5.41, 5.74) is 0.597. The fourth-order valence-corrected chi connectivity index (χ4v) is 2.35. The number of benzene rings is 1. The summed E-state index contributed by atoms with van der Waals surface area (Å²) >= 11 is 3.36. The second-order valence-corrected chi connectivity index (χ2v) is 5.49. The Hall–Kier alpha value is -1.27. The van der Waals surface area contributed by atoms with Crippen molar-refractivity contribution in [2.45, 2.75) is 32.7 Å². The van der Waals surface area contributed by atoms with Gasteiger partial charge in [-0.2, -0.15) is 4.98 Å². The molecule has 1 aromatic carbocycles. The zero-order valence-corrected chi connectivity index (χ0v) is 13.1. The van der Waals surface area contributed by atoms with Crippen LogP contribution in [0.25, 0.3) is 11.4 Å². The lowest BCUT2D eigenvalue weighted by molar-refractivity contribution is 0.368. The molecule has 1 aromatic heterocycles. The molecule has 108 valence electrons. The van der Waals surface area contributed by atoms with Gasteiger partial charge in [0.2, 0.25) is 11.7 Å². The number of nitrogens with zero attached hydrogens (tertiary/aromatic N) is 2. The van der Waals surface area contributed by atoms with Crippen LogP contribution in [0.1, 0.15) is 26.2 Å². The average Bonchev–Trinajstić information content (AvgIpc) is 2.88. The first-order valence-corrected chi connectivity index (χ1v) is 7.41. The van der Waals surface area contributed by atoms with Crippen molar-refractivity contribution in [1.82, 2.24) is 15.5 Å². The van der Waals surface area contributed by atoms with Crippen molar-refractivity contribution >= 4 is 15.9 Å². The molecule has 0 aliphatic carbocycles. The molecule has 0 aliphatic rings. The van der Waals surface area contributed by atoms with Crippen molar-refractivity contribution in [2.75, 3.05) is 6.54 Å². The third-order valence-corrected chi connectivity index (χ3v) is 3.67. The van der Waals surface area contributed by atoms with E-state index in [1.807, 2.05) is 0 Å². The summed E-state index contributed by atoms with van der Waals surface area (Å²) in [5.74, 6) is 0.652. The lowest BCUT2D eigenvalue weighted by atomic mass is 10.2. The van der Waals surface area contributed by atoms with Crippen molar-refractivity contribution < 1.29 is 8.91 Å². The van der Waals surface area contributed by atoms with Gasteiger partial charge in [0.05, 0.1) is 0 Å². The van der Waals surface area contributed by atoms with Gasteiger partial charge in [0.25, 0.3) is 0 Å². The molecule has 0 spiro atoms. The van der Waals surface area contributed by atoms with Gasteiger partial charge in [-0.05, 0) is 38.1 Å². The van der Waals surface area contributed by atoms with Crippen LogP contribution in [-0.2, 0) is 6.42 Å². The Bertz CT molecular complexity index is 573. The maximum Gasteiger partial charge on any atom is 0.227 e. The smallest absolute Gasteiger partial charge is 0.227 e. The van der Waals surface area contributed by atoms with Crippen molar-refractivity contribution in [3.05, 3.63) is 34.4 Å². The zero-order chi connectivity index (χ0) is 14.5. The number of aromatic nitrogens is 2. The van der Waals surface area contributed by atoms with Crippen LogP contribution in [0.5, 0.6) is 0 Å². The molecule has 6 heteroatoms. The summed E-state index contributed by atoms with van der Waals surface area (Å²) in [5, 5.41) is 7.23. The number of nitrogens with one attached hydrogen (secondary N) is 1. The molecule has 20 heavy (non-hydrogen) atoms. The predicted octanol–water partition coefficient (Wildman–Crippen LogP) is 3.57. The zero-order valence-electron chi connectivity index (χ0n) is 11.5. The molecular formula is C14H17BrFN3O. The molecule has 0 bridgehead atoms.